The van der Waals surface area contributed by atoms with Crippen LogP contribution in [-0.4, -0.2) is 37.1 Å². The zero-order chi connectivity index (χ0) is 10.5. The number of nitrogens with one attached hydrogen (secondary N) is 1. The minimum absolute atomic E-state index is 0.762. The maximum absolute atomic E-state index is 3.69. The lowest BCUT2D eigenvalue weighted by Gasteiger charge is -2.28. The van der Waals surface area contributed by atoms with E-state index in [0.29, 0.717) is 0 Å². The van der Waals surface area contributed by atoms with Gasteiger partial charge in [-0.3, -0.25) is 0 Å². The molecule has 1 atom stereocenters. The van der Waals surface area contributed by atoms with Gasteiger partial charge in [0.15, 0.2) is 0 Å². The van der Waals surface area contributed by atoms with E-state index in [0.717, 1.165) is 12.1 Å². The Balaban J connectivity index is 1.73. The summed E-state index contributed by atoms with van der Waals surface area (Å²) in [7, 11) is 2.32. The van der Waals surface area contributed by atoms with Gasteiger partial charge in [0, 0.05) is 18.6 Å². The van der Waals surface area contributed by atoms with Crippen LogP contribution in [0, 0.1) is 0 Å². The Morgan fingerprint density at radius 3 is 2.53 bits per heavy atom. The monoisotopic (exact) mass is 210 g/mol. The molecule has 1 N–H and O–H groups in total. The average Bonchev–Trinajstić information content (AvgIpc) is 2.65. The van der Waals surface area contributed by atoms with Crippen molar-refractivity contribution < 1.29 is 0 Å². The molecule has 2 fully saturated rings. The number of rotatable bonds is 3. The van der Waals surface area contributed by atoms with Gasteiger partial charge in [0.1, 0.15) is 0 Å². The van der Waals surface area contributed by atoms with Crippen LogP contribution in [0.3, 0.4) is 0 Å². The third-order valence-electron chi connectivity index (χ3n) is 4.12. The second-order valence-corrected chi connectivity index (χ2v) is 5.38. The van der Waals surface area contributed by atoms with E-state index in [4.69, 9.17) is 0 Å². The van der Waals surface area contributed by atoms with Crippen molar-refractivity contribution in [2.75, 3.05) is 20.1 Å². The van der Waals surface area contributed by atoms with Crippen LogP contribution >= 0.6 is 0 Å². The van der Waals surface area contributed by atoms with E-state index in [2.05, 4.69) is 17.3 Å². The molecule has 2 heteroatoms. The molecule has 0 amide bonds. The first-order valence-electron chi connectivity index (χ1n) is 6.80. The molecule has 0 spiro atoms. The lowest BCUT2D eigenvalue weighted by atomic mass is 10.1. The zero-order valence-corrected chi connectivity index (χ0v) is 10.2. The van der Waals surface area contributed by atoms with Crippen molar-refractivity contribution in [1.82, 2.24) is 10.2 Å². The molecule has 0 aromatic carbocycles. The molecular weight excluding hydrogens is 184 g/mol. The predicted octanol–water partition coefficient (Wildman–Crippen LogP) is 2.39. The topological polar surface area (TPSA) is 15.3 Å². The predicted molar refractivity (Wildman–Crippen MR) is 65.1 cm³/mol. The summed E-state index contributed by atoms with van der Waals surface area (Å²) >= 11 is 0. The van der Waals surface area contributed by atoms with E-state index in [9.17, 15) is 0 Å². The van der Waals surface area contributed by atoms with Crippen molar-refractivity contribution in [3.05, 3.63) is 0 Å². The van der Waals surface area contributed by atoms with E-state index < -0.39 is 0 Å². The van der Waals surface area contributed by atoms with Crippen LogP contribution in [-0.2, 0) is 0 Å². The van der Waals surface area contributed by atoms with Gasteiger partial charge in [-0.2, -0.15) is 0 Å². The average molecular weight is 210 g/mol. The number of hydrogen-bond donors (Lipinski definition) is 1. The van der Waals surface area contributed by atoms with Crippen LogP contribution in [0.5, 0.6) is 0 Å². The summed E-state index contributed by atoms with van der Waals surface area (Å²) in [6.07, 6.45) is 11.4. The number of nitrogens with zero attached hydrogens (tertiary/aromatic N) is 1. The summed E-state index contributed by atoms with van der Waals surface area (Å²) in [5.41, 5.74) is 0. The number of likely N-dealkylation sites (N-methyl/N-ethyl adjacent to an activating group) is 1. The number of hydrogen-bond acceptors (Lipinski definition) is 2. The van der Waals surface area contributed by atoms with Gasteiger partial charge >= 0.3 is 0 Å². The van der Waals surface area contributed by atoms with Gasteiger partial charge in [-0.1, -0.05) is 25.7 Å². The van der Waals surface area contributed by atoms with E-state index in [1.165, 1.54) is 64.5 Å². The van der Waals surface area contributed by atoms with Crippen molar-refractivity contribution in [3.8, 4) is 0 Å². The van der Waals surface area contributed by atoms with Crippen molar-refractivity contribution in [2.24, 2.45) is 0 Å². The first-order valence-corrected chi connectivity index (χ1v) is 6.80. The van der Waals surface area contributed by atoms with Crippen LogP contribution in [0.2, 0.25) is 0 Å². The van der Waals surface area contributed by atoms with Gasteiger partial charge < -0.3 is 10.2 Å². The Labute approximate surface area is 94.4 Å². The molecule has 0 bridgehead atoms. The molecule has 2 aliphatic rings. The fourth-order valence-corrected chi connectivity index (χ4v) is 3.10. The molecule has 88 valence electrons. The molecule has 1 unspecified atom stereocenters. The molecule has 1 aliphatic heterocycles. The molecule has 1 heterocycles. The summed E-state index contributed by atoms with van der Waals surface area (Å²) in [6.45, 7) is 2.51. The fraction of sp³-hybridized carbons (Fsp3) is 1.00. The van der Waals surface area contributed by atoms with Gasteiger partial charge in [0.05, 0.1) is 0 Å². The molecule has 2 rings (SSSR count). The molecule has 1 saturated carbocycles. The van der Waals surface area contributed by atoms with Crippen LogP contribution in [0.4, 0.5) is 0 Å². The standard InChI is InChI=1S/C13H26N2/c1-15(13-8-4-5-9-13)11-12-7-3-2-6-10-14-12/h12-14H,2-11H2,1H3. The Morgan fingerprint density at radius 2 is 1.73 bits per heavy atom. The van der Waals surface area contributed by atoms with Gasteiger partial charge in [-0.15, -0.1) is 0 Å². The van der Waals surface area contributed by atoms with Gasteiger partial charge in [-0.05, 0) is 39.3 Å². The second-order valence-electron chi connectivity index (χ2n) is 5.38. The highest BCUT2D eigenvalue weighted by molar-refractivity contribution is 4.80. The Bertz CT molecular complexity index is 167. The molecule has 0 aromatic heterocycles. The van der Waals surface area contributed by atoms with Crippen LogP contribution in [0.1, 0.15) is 51.4 Å². The van der Waals surface area contributed by atoms with E-state index >= 15 is 0 Å². The molecule has 15 heavy (non-hydrogen) atoms. The maximum atomic E-state index is 3.69. The molecular formula is C13H26N2. The van der Waals surface area contributed by atoms with Crippen molar-refractivity contribution in [2.45, 2.75) is 63.5 Å². The Morgan fingerprint density at radius 1 is 1.00 bits per heavy atom. The molecule has 0 aromatic rings. The SMILES string of the molecule is CN(CC1CCCCCN1)C1CCCC1. The van der Waals surface area contributed by atoms with Crippen LogP contribution in [0.25, 0.3) is 0 Å². The summed E-state index contributed by atoms with van der Waals surface area (Å²) in [6, 6.07) is 1.65. The summed E-state index contributed by atoms with van der Waals surface area (Å²) in [4.78, 5) is 2.61. The quantitative estimate of drug-likeness (QED) is 0.769. The van der Waals surface area contributed by atoms with E-state index in [1.54, 1.807) is 0 Å². The Hall–Kier alpha value is -0.0800. The highest BCUT2D eigenvalue weighted by Gasteiger charge is 2.22. The molecule has 1 saturated heterocycles. The molecule has 0 radical (unpaired) electrons. The maximum Gasteiger partial charge on any atom is 0.0195 e. The third kappa shape index (κ3) is 3.46. The zero-order valence-electron chi connectivity index (χ0n) is 10.2. The smallest absolute Gasteiger partial charge is 0.0195 e. The second kappa shape index (κ2) is 5.86. The largest absolute Gasteiger partial charge is 0.313 e. The Kier molecular flexibility index (Phi) is 4.45. The fourth-order valence-electron chi connectivity index (χ4n) is 3.10. The molecule has 2 nitrogen and oxygen atoms in total. The third-order valence-corrected chi connectivity index (χ3v) is 4.12. The van der Waals surface area contributed by atoms with Crippen LogP contribution in [0.15, 0.2) is 0 Å². The van der Waals surface area contributed by atoms with Crippen molar-refractivity contribution in [1.29, 1.82) is 0 Å². The van der Waals surface area contributed by atoms with Gasteiger partial charge in [0.25, 0.3) is 0 Å². The summed E-state index contributed by atoms with van der Waals surface area (Å²) < 4.78 is 0. The molecule has 1 aliphatic carbocycles. The van der Waals surface area contributed by atoms with Crippen molar-refractivity contribution in [3.63, 3.8) is 0 Å². The van der Waals surface area contributed by atoms with E-state index in [1.807, 2.05) is 0 Å². The minimum Gasteiger partial charge on any atom is -0.313 e. The lowest BCUT2D eigenvalue weighted by Crippen LogP contribution is -2.42. The minimum atomic E-state index is 0.762. The van der Waals surface area contributed by atoms with Gasteiger partial charge in [-0.25, -0.2) is 0 Å². The highest BCUT2D eigenvalue weighted by atomic mass is 15.2. The highest BCUT2D eigenvalue weighted by Crippen LogP contribution is 2.23. The van der Waals surface area contributed by atoms with E-state index in [-0.39, 0.29) is 0 Å². The lowest BCUT2D eigenvalue weighted by molar-refractivity contribution is 0.216. The van der Waals surface area contributed by atoms with Crippen LogP contribution < -0.4 is 5.32 Å². The van der Waals surface area contributed by atoms with Crippen molar-refractivity contribution >= 4 is 0 Å². The summed E-state index contributed by atoms with van der Waals surface area (Å²) in [5, 5.41) is 3.69. The van der Waals surface area contributed by atoms with Gasteiger partial charge in [0.2, 0.25) is 0 Å². The first-order chi connectivity index (χ1) is 7.36. The normalized spacial score (nSPS) is 29.6. The summed E-state index contributed by atoms with van der Waals surface area (Å²) in [5.74, 6) is 0. The first kappa shape index (κ1) is 11.4.